The summed E-state index contributed by atoms with van der Waals surface area (Å²) >= 11 is 6.22. The number of carbonyl (C=O) groups is 1. The zero-order valence-electron chi connectivity index (χ0n) is 17.6. The monoisotopic (exact) mass is 466 g/mol. The molecule has 0 saturated carbocycles. The third kappa shape index (κ3) is 5.57. The minimum atomic E-state index is -3.68. The summed E-state index contributed by atoms with van der Waals surface area (Å²) in [5, 5.41) is 3.12. The molecule has 2 aromatic carbocycles. The molecule has 1 amide bonds. The topological polar surface area (TPSA) is 84.9 Å². The fourth-order valence-corrected chi connectivity index (χ4v) is 5.51. The number of amides is 1. The van der Waals surface area contributed by atoms with Crippen LogP contribution in [0.25, 0.3) is 0 Å². The fraction of sp³-hybridized carbons (Fsp3) is 0.409. The molecule has 0 aromatic heterocycles. The number of methoxy groups -OCH3 is 1. The van der Waals surface area contributed by atoms with E-state index < -0.39 is 15.9 Å². The Morgan fingerprint density at radius 2 is 1.97 bits per heavy atom. The van der Waals surface area contributed by atoms with Crippen LogP contribution in [0.2, 0.25) is 5.02 Å². The minimum absolute atomic E-state index is 0.0606. The highest BCUT2D eigenvalue weighted by Crippen LogP contribution is 2.33. The number of hydrogen-bond acceptors (Lipinski definition) is 5. The number of benzene rings is 2. The van der Waals surface area contributed by atoms with Crippen LogP contribution < -0.4 is 10.1 Å². The first-order valence-corrected chi connectivity index (χ1v) is 12.0. The molecule has 1 heterocycles. The highest BCUT2D eigenvalue weighted by atomic mass is 35.5. The number of ether oxygens (including phenoxy) is 2. The molecule has 9 heteroatoms. The lowest BCUT2D eigenvalue weighted by molar-refractivity contribution is 0.102. The third-order valence-electron chi connectivity index (χ3n) is 5.19. The number of rotatable bonds is 8. The van der Waals surface area contributed by atoms with Gasteiger partial charge in [0.25, 0.3) is 5.91 Å². The predicted molar refractivity (Wildman–Crippen MR) is 120 cm³/mol. The van der Waals surface area contributed by atoms with Crippen molar-refractivity contribution in [3.63, 3.8) is 0 Å². The number of para-hydroxylation sites is 1. The summed E-state index contributed by atoms with van der Waals surface area (Å²) in [6.07, 6.45) is 2.69. The van der Waals surface area contributed by atoms with Crippen molar-refractivity contribution in [2.75, 3.05) is 32.2 Å². The number of nitrogens with one attached hydrogen (secondary N) is 1. The third-order valence-corrected chi connectivity index (χ3v) is 7.50. The second-order valence-electron chi connectivity index (χ2n) is 7.40. The summed E-state index contributed by atoms with van der Waals surface area (Å²) in [6, 6.07) is 11.0. The van der Waals surface area contributed by atoms with Gasteiger partial charge in [-0.25, -0.2) is 8.42 Å². The zero-order valence-corrected chi connectivity index (χ0v) is 19.2. The first kappa shape index (κ1) is 23.5. The van der Waals surface area contributed by atoms with Crippen molar-refractivity contribution in [1.82, 2.24) is 4.31 Å². The van der Waals surface area contributed by atoms with Gasteiger partial charge in [0.1, 0.15) is 6.61 Å². The molecular weight excluding hydrogens is 440 g/mol. The van der Waals surface area contributed by atoms with Crippen LogP contribution in [0.3, 0.4) is 0 Å². The van der Waals surface area contributed by atoms with E-state index >= 15 is 0 Å². The molecule has 7 nitrogen and oxygen atoms in total. The Morgan fingerprint density at radius 3 is 2.71 bits per heavy atom. The Balaban J connectivity index is 1.82. The van der Waals surface area contributed by atoms with Crippen LogP contribution in [-0.4, -0.2) is 51.5 Å². The van der Waals surface area contributed by atoms with Crippen molar-refractivity contribution in [2.24, 2.45) is 0 Å². The van der Waals surface area contributed by atoms with Crippen LogP contribution in [0.15, 0.2) is 47.4 Å². The molecule has 2 aromatic rings. The molecule has 31 heavy (non-hydrogen) atoms. The minimum Gasteiger partial charge on any atom is -0.487 e. The largest absolute Gasteiger partial charge is 0.487 e. The van der Waals surface area contributed by atoms with Crippen molar-refractivity contribution in [2.45, 2.75) is 37.1 Å². The van der Waals surface area contributed by atoms with Gasteiger partial charge in [-0.3, -0.25) is 4.79 Å². The molecule has 1 aliphatic rings. The van der Waals surface area contributed by atoms with E-state index in [-0.39, 0.29) is 23.1 Å². The Bertz CT molecular complexity index is 1030. The van der Waals surface area contributed by atoms with E-state index in [1.807, 2.05) is 6.92 Å². The second-order valence-corrected chi connectivity index (χ2v) is 9.70. The van der Waals surface area contributed by atoms with Crippen molar-refractivity contribution < 1.29 is 22.7 Å². The molecule has 0 spiro atoms. The Kier molecular flexibility index (Phi) is 7.94. The summed E-state index contributed by atoms with van der Waals surface area (Å²) < 4.78 is 38.4. The molecule has 1 N–H and O–H groups in total. The molecule has 1 unspecified atom stereocenters. The molecule has 168 valence electrons. The summed E-state index contributed by atoms with van der Waals surface area (Å²) in [7, 11) is -2.12. The highest BCUT2D eigenvalue weighted by molar-refractivity contribution is 7.89. The van der Waals surface area contributed by atoms with E-state index in [1.165, 1.54) is 16.4 Å². The summed E-state index contributed by atoms with van der Waals surface area (Å²) in [5.41, 5.74) is 0.625. The van der Waals surface area contributed by atoms with Crippen molar-refractivity contribution in [1.29, 1.82) is 0 Å². The maximum Gasteiger partial charge on any atom is 0.255 e. The molecule has 1 atom stereocenters. The quantitative estimate of drug-likeness (QED) is 0.590. The normalized spacial score (nSPS) is 17.3. The maximum atomic E-state index is 13.1. The van der Waals surface area contributed by atoms with Gasteiger partial charge in [0.2, 0.25) is 10.0 Å². The first-order chi connectivity index (χ1) is 14.8. The molecule has 0 radical (unpaired) electrons. The molecule has 0 bridgehead atoms. The molecule has 1 saturated heterocycles. The van der Waals surface area contributed by atoms with Crippen LogP contribution >= 0.6 is 11.6 Å². The number of sulfonamides is 1. The van der Waals surface area contributed by atoms with E-state index in [1.54, 1.807) is 37.4 Å². The van der Waals surface area contributed by atoms with Gasteiger partial charge in [-0.2, -0.15) is 4.31 Å². The van der Waals surface area contributed by atoms with Gasteiger partial charge in [-0.15, -0.1) is 0 Å². The lowest BCUT2D eigenvalue weighted by Crippen LogP contribution is -2.41. The van der Waals surface area contributed by atoms with Crippen molar-refractivity contribution in [3.8, 4) is 5.75 Å². The zero-order chi connectivity index (χ0) is 22.4. The van der Waals surface area contributed by atoms with Gasteiger partial charge in [-0.1, -0.05) is 30.2 Å². The van der Waals surface area contributed by atoms with E-state index in [4.69, 9.17) is 21.1 Å². The fourth-order valence-electron chi connectivity index (χ4n) is 3.54. The predicted octanol–water partition coefficient (Wildman–Crippen LogP) is 4.18. The second kappa shape index (κ2) is 10.5. The van der Waals surface area contributed by atoms with E-state index in [9.17, 15) is 13.2 Å². The molecule has 0 aliphatic carbocycles. The summed E-state index contributed by atoms with van der Waals surface area (Å²) in [5.74, 6) is -0.122. The Morgan fingerprint density at radius 1 is 1.19 bits per heavy atom. The number of hydrogen-bond donors (Lipinski definition) is 1. The van der Waals surface area contributed by atoms with E-state index in [0.29, 0.717) is 29.6 Å². The van der Waals surface area contributed by atoms with Crippen LogP contribution in [-0.2, 0) is 14.8 Å². The first-order valence-electron chi connectivity index (χ1n) is 10.2. The molecule has 1 fully saturated rings. The van der Waals surface area contributed by atoms with Crippen LogP contribution in [0.4, 0.5) is 5.69 Å². The van der Waals surface area contributed by atoms with Gasteiger partial charge < -0.3 is 14.8 Å². The average molecular weight is 467 g/mol. The molecule has 3 rings (SSSR count). The number of anilines is 1. The standard InChI is InChI=1S/C22H27ClN2O5S/c1-16-7-3-4-12-25(16)31(27,28)18-9-5-8-17(15-18)22(26)24-20-11-6-10-19(23)21(20)30-14-13-29-2/h5-6,8-11,15-16H,3-4,7,12-14H2,1-2H3,(H,24,26). The average Bonchev–Trinajstić information content (AvgIpc) is 2.76. The van der Waals surface area contributed by atoms with Gasteiger partial charge in [-0.05, 0) is 50.1 Å². The maximum absolute atomic E-state index is 13.1. The lowest BCUT2D eigenvalue weighted by atomic mass is 10.1. The Labute approximate surface area is 188 Å². The molecule has 1 aliphatic heterocycles. The van der Waals surface area contributed by atoms with Crippen LogP contribution in [0.5, 0.6) is 5.75 Å². The van der Waals surface area contributed by atoms with Gasteiger partial charge in [0.15, 0.2) is 5.75 Å². The molecular formula is C22H27ClN2O5S. The van der Waals surface area contributed by atoms with Crippen LogP contribution in [0, 0.1) is 0 Å². The van der Waals surface area contributed by atoms with Crippen LogP contribution in [0.1, 0.15) is 36.5 Å². The highest BCUT2D eigenvalue weighted by Gasteiger charge is 2.31. The van der Waals surface area contributed by atoms with Crippen molar-refractivity contribution >= 4 is 33.2 Å². The number of nitrogens with zero attached hydrogens (tertiary/aromatic N) is 1. The number of carbonyl (C=O) groups excluding carboxylic acids is 1. The van der Waals surface area contributed by atoms with Gasteiger partial charge in [0.05, 0.1) is 22.2 Å². The summed E-state index contributed by atoms with van der Waals surface area (Å²) in [4.78, 5) is 13.0. The Hall–Kier alpha value is -2.13. The van der Waals surface area contributed by atoms with Crippen molar-refractivity contribution in [3.05, 3.63) is 53.1 Å². The number of halogens is 1. The van der Waals surface area contributed by atoms with E-state index in [2.05, 4.69) is 5.32 Å². The van der Waals surface area contributed by atoms with E-state index in [0.717, 1.165) is 19.3 Å². The number of piperidine rings is 1. The van der Waals surface area contributed by atoms with Gasteiger partial charge in [0, 0.05) is 25.3 Å². The lowest BCUT2D eigenvalue weighted by Gasteiger charge is -2.32. The SMILES string of the molecule is COCCOc1c(Cl)cccc1NC(=O)c1cccc(S(=O)(=O)N2CCCCC2C)c1. The summed E-state index contributed by atoms with van der Waals surface area (Å²) in [6.45, 7) is 3.04. The van der Waals surface area contributed by atoms with Gasteiger partial charge >= 0.3 is 0 Å². The smallest absolute Gasteiger partial charge is 0.255 e.